The summed E-state index contributed by atoms with van der Waals surface area (Å²) in [6.07, 6.45) is 7.42. The van der Waals surface area contributed by atoms with Crippen LogP contribution in [-0.4, -0.2) is 66.4 Å². The second-order valence-corrected chi connectivity index (χ2v) is 7.24. The molecule has 1 N–H and O–H groups in total. The van der Waals surface area contributed by atoms with Crippen molar-refractivity contribution in [1.82, 2.24) is 34.9 Å². The van der Waals surface area contributed by atoms with Crippen LogP contribution in [0.4, 0.5) is 0 Å². The summed E-state index contributed by atoms with van der Waals surface area (Å²) >= 11 is 0. The Balaban J connectivity index is 1.55. The fraction of sp³-hybridized carbons (Fsp3) is 0.333. The summed E-state index contributed by atoms with van der Waals surface area (Å²) in [6, 6.07) is 6.87. The molecule has 1 unspecified atom stereocenters. The van der Waals surface area contributed by atoms with Gasteiger partial charge in [0.25, 0.3) is 5.91 Å². The first-order chi connectivity index (χ1) is 14.6. The zero-order chi connectivity index (χ0) is 20.9. The van der Waals surface area contributed by atoms with Crippen molar-refractivity contribution in [2.45, 2.75) is 25.8 Å². The molecule has 0 bridgehead atoms. The van der Waals surface area contributed by atoms with Gasteiger partial charge in [0.1, 0.15) is 5.82 Å². The van der Waals surface area contributed by atoms with E-state index in [1.807, 2.05) is 19.1 Å². The van der Waals surface area contributed by atoms with Gasteiger partial charge in [-0.3, -0.25) is 24.7 Å². The van der Waals surface area contributed by atoms with Crippen LogP contribution in [0, 0.1) is 6.92 Å². The van der Waals surface area contributed by atoms with Crippen LogP contribution in [0.15, 0.2) is 49.1 Å². The van der Waals surface area contributed by atoms with Crippen molar-refractivity contribution < 1.29 is 9.59 Å². The molecule has 1 fully saturated rings. The van der Waals surface area contributed by atoms with Crippen molar-refractivity contribution in [3.05, 3.63) is 71.8 Å². The first-order valence-electron chi connectivity index (χ1n) is 9.88. The summed E-state index contributed by atoms with van der Waals surface area (Å²) in [5.41, 5.74) is 1.38. The summed E-state index contributed by atoms with van der Waals surface area (Å²) in [5.74, 6) is 1.12. The zero-order valence-electron chi connectivity index (χ0n) is 16.7. The lowest BCUT2D eigenvalue weighted by Gasteiger charge is -2.27. The molecule has 2 amide bonds. The van der Waals surface area contributed by atoms with Crippen molar-refractivity contribution in [1.29, 1.82) is 0 Å². The molecular formula is C21H23N7O2. The minimum atomic E-state index is -0.321. The highest BCUT2D eigenvalue weighted by Gasteiger charge is 2.33. The lowest BCUT2D eigenvalue weighted by atomic mass is 10.1. The SMILES string of the molecule is Cc1nc(C2CCN(C(=O)Cc3cccnc3)CCN2C(=O)c2cccnc2)n[nH]1. The lowest BCUT2D eigenvalue weighted by molar-refractivity contribution is -0.130. The fourth-order valence-electron chi connectivity index (χ4n) is 3.64. The molecule has 0 aliphatic carbocycles. The third-order valence-electron chi connectivity index (χ3n) is 5.17. The molecule has 0 radical (unpaired) electrons. The van der Waals surface area contributed by atoms with E-state index in [2.05, 4.69) is 25.1 Å². The average Bonchev–Trinajstić information content (AvgIpc) is 3.08. The van der Waals surface area contributed by atoms with E-state index in [4.69, 9.17) is 0 Å². The van der Waals surface area contributed by atoms with E-state index in [1.54, 1.807) is 46.7 Å². The number of nitrogens with one attached hydrogen (secondary N) is 1. The molecule has 1 aliphatic heterocycles. The Labute approximate surface area is 174 Å². The van der Waals surface area contributed by atoms with E-state index >= 15 is 0 Å². The quantitative estimate of drug-likeness (QED) is 0.706. The Morgan fingerprint density at radius 1 is 1.10 bits per heavy atom. The Bertz CT molecular complexity index is 1010. The fourth-order valence-corrected chi connectivity index (χ4v) is 3.64. The molecule has 3 aromatic heterocycles. The van der Waals surface area contributed by atoms with E-state index in [-0.39, 0.29) is 24.3 Å². The van der Waals surface area contributed by atoms with Crippen LogP contribution in [0.1, 0.15) is 40.0 Å². The second kappa shape index (κ2) is 8.81. The summed E-state index contributed by atoms with van der Waals surface area (Å²) in [4.78, 5) is 42.2. The summed E-state index contributed by atoms with van der Waals surface area (Å²) in [7, 11) is 0. The average molecular weight is 405 g/mol. The summed E-state index contributed by atoms with van der Waals surface area (Å²) in [5, 5.41) is 7.14. The van der Waals surface area contributed by atoms with Gasteiger partial charge in [0, 0.05) is 44.4 Å². The molecule has 1 atom stereocenters. The van der Waals surface area contributed by atoms with Gasteiger partial charge >= 0.3 is 0 Å². The minimum absolute atomic E-state index is 0.0172. The Morgan fingerprint density at radius 3 is 2.57 bits per heavy atom. The molecule has 4 heterocycles. The molecule has 154 valence electrons. The number of carbonyl (C=O) groups excluding carboxylic acids is 2. The molecule has 0 saturated carbocycles. The maximum atomic E-state index is 13.2. The smallest absolute Gasteiger partial charge is 0.256 e. The van der Waals surface area contributed by atoms with Gasteiger partial charge in [-0.1, -0.05) is 6.07 Å². The topological polar surface area (TPSA) is 108 Å². The number of hydrogen-bond acceptors (Lipinski definition) is 6. The maximum absolute atomic E-state index is 13.2. The number of hydrogen-bond donors (Lipinski definition) is 1. The number of aromatic amines is 1. The Hall–Kier alpha value is -3.62. The number of nitrogens with zero attached hydrogens (tertiary/aromatic N) is 6. The van der Waals surface area contributed by atoms with E-state index in [0.717, 1.165) is 5.56 Å². The number of rotatable bonds is 4. The summed E-state index contributed by atoms with van der Waals surface area (Å²) < 4.78 is 0. The van der Waals surface area contributed by atoms with E-state index in [0.29, 0.717) is 43.3 Å². The van der Waals surface area contributed by atoms with E-state index < -0.39 is 0 Å². The third-order valence-corrected chi connectivity index (χ3v) is 5.17. The monoisotopic (exact) mass is 405 g/mol. The molecule has 0 aromatic carbocycles. The molecule has 0 spiro atoms. The highest BCUT2D eigenvalue weighted by molar-refractivity contribution is 5.94. The Morgan fingerprint density at radius 2 is 1.90 bits per heavy atom. The minimum Gasteiger partial charge on any atom is -0.341 e. The number of amides is 2. The van der Waals surface area contributed by atoms with Crippen molar-refractivity contribution in [2.75, 3.05) is 19.6 Å². The number of carbonyl (C=O) groups is 2. The van der Waals surface area contributed by atoms with Crippen molar-refractivity contribution in [2.24, 2.45) is 0 Å². The second-order valence-electron chi connectivity index (χ2n) is 7.24. The Kier molecular flexibility index (Phi) is 5.78. The van der Waals surface area contributed by atoms with Gasteiger partial charge in [0.15, 0.2) is 5.82 Å². The van der Waals surface area contributed by atoms with Crippen LogP contribution in [0.2, 0.25) is 0 Å². The number of H-pyrrole nitrogens is 1. The molecule has 1 aliphatic rings. The molecule has 3 aromatic rings. The highest BCUT2D eigenvalue weighted by Crippen LogP contribution is 2.26. The van der Waals surface area contributed by atoms with E-state index in [1.165, 1.54) is 0 Å². The molecular weight excluding hydrogens is 382 g/mol. The van der Waals surface area contributed by atoms with Crippen LogP contribution < -0.4 is 0 Å². The number of aryl methyl sites for hydroxylation is 1. The zero-order valence-corrected chi connectivity index (χ0v) is 16.7. The highest BCUT2D eigenvalue weighted by atomic mass is 16.2. The van der Waals surface area contributed by atoms with E-state index in [9.17, 15) is 9.59 Å². The first-order valence-corrected chi connectivity index (χ1v) is 9.88. The van der Waals surface area contributed by atoms with Crippen LogP contribution in [0.5, 0.6) is 0 Å². The van der Waals surface area contributed by atoms with Gasteiger partial charge in [0.05, 0.1) is 18.0 Å². The van der Waals surface area contributed by atoms with Crippen molar-refractivity contribution in [3.8, 4) is 0 Å². The molecule has 30 heavy (non-hydrogen) atoms. The molecule has 9 nitrogen and oxygen atoms in total. The standard InChI is InChI=1S/C21H23N7O2/c1-15-24-20(26-25-15)18-6-9-27(19(29)12-16-4-2-7-22-13-16)10-11-28(18)21(30)17-5-3-8-23-14-17/h2-5,7-8,13-14,18H,6,9-12H2,1H3,(H,24,25,26). The van der Waals surface area contributed by atoms with Gasteiger partial charge in [-0.25, -0.2) is 4.98 Å². The lowest BCUT2D eigenvalue weighted by Crippen LogP contribution is -2.39. The first kappa shape index (κ1) is 19.7. The predicted octanol–water partition coefficient (Wildman–Crippen LogP) is 1.56. The van der Waals surface area contributed by atoms with Crippen LogP contribution in [-0.2, 0) is 11.2 Å². The van der Waals surface area contributed by atoms with Gasteiger partial charge < -0.3 is 9.80 Å². The third kappa shape index (κ3) is 4.35. The van der Waals surface area contributed by atoms with Crippen molar-refractivity contribution >= 4 is 11.8 Å². The number of pyridine rings is 2. The van der Waals surface area contributed by atoms with Gasteiger partial charge in [-0.2, -0.15) is 5.10 Å². The van der Waals surface area contributed by atoms with Gasteiger partial charge in [-0.15, -0.1) is 0 Å². The van der Waals surface area contributed by atoms with Gasteiger partial charge in [0.2, 0.25) is 5.91 Å². The normalized spacial score (nSPS) is 16.9. The van der Waals surface area contributed by atoms with Crippen LogP contribution in [0.25, 0.3) is 0 Å². The molecule has 1 saturated heterocycles. The predicted molar refractivity (Wildman–Crippen MR) is 108 cm³/mol. The molecule has 4 rings (SSSR count). The van der Waals surface area contributed by atoms with Crippen LogP contribution >= 0.6 is 0 Å². The summed E-state index contributed by atoms with van der Waals surface area (Å²) in [6.45, 7) is 3.19. The maximum Gasteiger partial charge on any atom is 0.256 e. The number of aromatic nitrogens is 5. The van der Waals surface area contributed by atoms with Gasteiger partial charge in [-0.05, 0) is 37.1 Å². The largest absolute Gasteiger partial charge is 0.341 e. The van der Waals surface area contributed by atoms with Crippen molar-refractivity contribution in [3.63, 3.8) is 0 Å². The van der Waals surface area contributed by atoms with Crippen LogP contribution in [0.3, 0.4) is 0 Å². The molecule has 9 heteroatoms.